The molecule has 0 radical (unpaired) electrons. The third kappa shape index (κ3) is 2.58. The van der Waals surface area contributed by atoms with Gasteiger partial charge in [0.2, 0.25) is 0 Å². The van der Waals surface area contributed by atoms with E-state index in [4.69, 9.17) is 0 Å². The summed E-state index contributed by atoms with van der Waals surface area (Å²) in [5.74, 6) is 0. The van der Waals surface area contributed by atoms with Gasteiger partial charge in [-0.05, 0) is 25.8 Å². The Morgan fingerprint density at radius 3 is 2.55 bits per heavy atom. The molecule has 3 heteroatoms. The van der Waals surface area contributed by atoms with Crippen LogP contribution in [0.4, 0.5) is 0 Å². The van der Waals surface area contributed by atoms with Crippen LogP contribution in [0.1, 0.15) is 26.2 Å². The monoisotopic (exact) mass is 156 g/mol. The Labute approximate surface area is 67.7 Å². The number of rotatable bonds is 3. The minimum Gasteiger partial charge on any atom is -0.303 e. The molecular formula is C8H16N2O. The summed E-state index contributed by atoms with van der Waals surface area (Å²) in [6, 6.07) is 0.100. The Bertz CT molecular complexity index is 119. The van der Waals surface area contributed by atoms with Crippen molar-refractivity contribution in [1.29, 1.82) is 0 Å². The van der Waals surface area contributed by atoms with Gasteiger partial charge in [0, 0.05) is 13.1 Å². The molecule has 0 unspecified atom stereocenters. The van der Waals surface area contributed by atoms with Crippen molar-refractivity contribution < 1.29 is 0 Å². The molecule has 0 aromatic carbocycles. The van der Waals surface area contributed by atoms with E-state index in [0.29, 0.717) is 0 Å². The second-order valence-electron chi connectivity index (χ2n) is 3.18. The van der Waals surface area contributed by atoms with Crippen molar-refractivity contribution in [1.82, 2.24) is 4.90 Å². The number of nitrogens with zero attached hydrogens (tertiary/aromatic N) is 2. The first-order valence-electron chi connectivity index (χ1n) is 4.41. The number of nitroso groups, excluding NO2 is 1. The van der Waals surface area contributed by atoms with Gasteiger partial charge in [-0.1, -0.05) is 12.1 Å². The van der Waals surface area contributed by atoms with Gasteiger partial charge in [-0.15, -0.1) is 0 Å². The molecule has 1 saturated heterocycles. The van der Waals surface area contributed by atoms with Gasteiger partial charge >= 0.3 is 0 Å². The van der Waals surface area contributed by atoms with Gasteiger partial charge in [0.15, 0.2) is 0 Å². The van der Waals surface area contributed by atoms with Crippen molar-refractivity contribution in [3.05, 3.63) is 4.91 Å². The largest absolute Gasteiger partial charge is 0.303 e. The molecule has 0 spiro atoms. The molecule has 1 aliphatic rings. The maximum absolute atomic E-state index is 10.2. The topological polar surface area (TPSA) is 32.7 Å². The van der Waals surface area contributed by atoms with Crippen LogP contribution < -0.4 is 0 Å². The first kappa shape index (κ1) is 8.65. The van der Waals surface area contributed by atoms with E-state index in [1.807, 2.05) is 0 Å². The molecular weight excluding hydrogens is 140 g/mol. The lowest BCUT2D eigenvalue weighted by molar-refractivity contribution is 0.214. The lowest BCUT2D eigenvalue weighted by atomic mass is 10.1. The molecule has 0 aromatic heterocycles. The van der Waals surface area contributed by atoms with E-state index < -0.39 is 0 Å². The quantitative estimate of drug-likeness (QED) is 0.582. The summed E-state index contributed by atoms with van der Waals surface area (Å²) < 4.78 is 0. The van der Waals surface area contributed by atoms with Crippen LogP contribution >= 0.6 is 0 Å². The summed E-state index contributed by atoms with van der Waals surface area (Å²) in [4.78, 5) is 12.6. The van der Waals surface area contributed by atoms with Crippen molar-refractivity contribution in [2.24, 2.45) is 5.18 Å². The van der Waals surface area contributed by atoms with Gasteiger partial charge in [0.05, 0.1) is 6.04 Å². The van der Waals surface area contributed by atoms with Crippen LogP contribution in [0.5, 0.6) is 0 Å². The van der Waals surface area contributed by atoms with Crippen molar-refractivity contribution in [2.75, 3.05) is 19.6 Å². The maximum atomic E-state index is 10.2. The molecule has 3 nitrogen and oxygen atoms in total. The smallest absolute Gasteiger partial charge is 0.0944 e. The summed E-state index contributed by atoms with van der Waals surface area (Å²) in [6.07, 6.45) is 3.13. The van der Waals surface area contributed by atoms with Crippen LogP contribution in [0.25, 0.3) is 0 Å². The van der Waals surface area contributed by atoms with Gasteiger partial charge in [0.1, 0.15) is 0 Å². The van der Waals surface area contributed by atoms with Gasteiger partial charge < -0.3 is 4.90 Å². The van der Waals surface area contributed by atoms with Crippen molar-refractivity contribution in [3.63, 3.8) is 0 Å². The molecule has 64 valence electrons. The van der Waals surface area contributed by atoms with Crippen LogP contribution in [0.2, 0.25) is 0 Å². The molecule has 0 saturated carbocycles. The third-order valence-corrected chi connectivity index (χ3v) is 2.25. The zero-order valence-electron chi connectivity index (χ0n) is 7.12. The number of piperidine rings is 1. The highest BCUT2D eigenvalue weighted by molar-refractivity contribution is 4.75. The second kappa shape index (κ2) is 4.44. The van der Waals surface area contributed by atoms with Gasteiger partial charge in [-0.25, -0.2) is 0 Å². The zero-order chi connectivity index (χ0) is 8.10. The number of hydrogen-bond donors (Lipinski definition) is 0. The fraction of sp³-hybridized carbons (Fsp3) is 1.00. The van der Waals surface area contributed by atoms with E-state index in [1.54, 1.807) is 0 Å². The predicted octanol–water partition coefficient (Wildman–Crippen LogP) is 1.63. The Morgan fingerprint density at radius 1 is 1.45 bits per heavy atom. The molecule has 11 heavy (non-hydrogen) atoms. The summed E-state index contributed by atoms with van der Waals surface area (Å²) >= 11 is 0. The normalized spacial score (nSPS) is 21.9. The molecule has 1 heterocycles. The molecule has 1 rings (SSSR count). The average Bonchev–Trinajstić information content (AvgIpc) is 2.07. The Hall–Kier alpha value is -0.440. The van der Waals surface area contributed by atoms with Gasteiger partial charge in [0.25, 0.3) is 0 Å². The highest BCUT2D eigenvalue weighted by atomic mass is 16.3. The lowest BCUT2D eigenvalue weighted by Crippen LogP contribution is -2.35. The fourth-order valence-corrected chi connectivity index (χ4v) is 1.56. The molecule has 0 bridgehead atoms. The summed E-state index contributed by atoms with van der Waals surface area (Å²) in [5.41, 5.74) is 0. The molecule has 0 aromatic rings. The number of likely N-dealkylation sites (tertiary alicyclic amines) is 1. The standard InChI is InChI=1S/C8H16N2O/c1-2-5-10-6-3-8(9-11)4-7-10/h8H,2-7H2,1H3. The van der Waals surface area contributed by atoms with Crippen LogP contribution in [0.3, 0.4) is 0 Å². The van der Waals surface area contributed by atoms with E-state index in [1.165, 1.54) is 13.0 Å². The van der Waals surface area contributed by atoms with E-state index in [0.717, 1.165) is 25.9 Å². The number of hydrogen-bond acceptors (Lipinski definition) is 3. The van der Waals surface area contributed by atoms with Gasteiger partial charge in [-0.3, -0.25) is 0 Å². The van der Waals surface area contributed by atoms with Crippen molar-refractivity contribution in [3.8, 4) is 0 Å². The maximum Gasteiger partial charge on any atom is 0.0944 e. The van der Waals surface area contributed by atoms with Gasteiger partial charge in [-0.2, -0.15) is 4.91 Å². The SMILES string of the molecule is CCCN1CCC(N=O)CC1. The second-order valence-corrected chi connectivity index (χ2v) is 3.18. The van der Waals surface area contributed by atoms with Crippen LogP contribution in [0, 0.1) is 4.91 Å². The predicted molar refractivity (Wildman–Crippen MR) is 45.5 cm³/mol. The third-order valence-electron chi connectivity index (χ3n) is 2.25. The molecule has 0 amide bonds. The van der Waals surface area contributed by atoms with E-state index >= 15 is 0 Å². The summed E-state index contributed by atoms with van der Waals surface area (Å²) in [6.45, 7) is 5.48. The molecule has 0 aliphatic carbocycles. The van der Waals surface area contributed by atoms with E-state index in [2.05, 4.69) is 17.0 Å². The zero-order valence-corrected chi connectivity index (χ0v) is 7.12. The van der Waals surface area contributed by atoms with E-state index in [9.17, 15) is 4.91 Å². The van der Waals surface area contributed by atoms with Crippen molar-refractivity contribution in [2.45, 2.75) is 32.2 Å². The van der Waals surface area contributed by atoms with Crippen molar-refractivity contribution >= 4 is 0 Å². The molecule has 0 N–H and O–H groups in total. The highest BCUT2D eigenvalue weighted by Crippen LogP contribution is 2.12. The van der Waals surface area contributed by atoms with Crippen LogP contribution in [-0.4, -0.2) is 30.6 Å². The Morgan fingerprint density at radius 2 is 2.09 bits per heavy atom. The highest BCUT2D eigenvalue weighted by Gasteiger charge is 2.18. The molecule has 0 atom stereocenters. The van der Waals surface area contributed by atoms with E-state index in [-0.39, 0.29) is 6.04 Å². The lowest BCUT2D eigenvalue weighted by Gasteiger charge is -2.28. The molecule has 1 fully saturated rings. The van der Waals surface area contributed by atoms with Crippen LogP contribution in [-0.2, 0) is 0 Å². The first-order chi connectivity index (χ1) is 5.36. The minimum absolute atomic E-state index is 0.100. The minimum atomic E-state index is 0.100. The average molecular weight is 156 g/mol. The summed E-state index contributed by atoms with van der Waals surface area (Å²) in [7, 11) is 0. The Balaban J connectivity index is 2.18. The van der Waals surface area contributed by atoms with Crippen LogP contribution in [0.15, 0.2) is 5.18 Å². The Kier molecular flexibility index (Phi) is 3.49. The first-order valence-corrected chi connectivity index (χ1v) is 4.41. The summed E-state index contributed by atoms with van der Waals surface area (Å²) in [5, 5.41) is 3.07. The fourth-order valence-electron chi connectivity index (χ4n) is 1.56. The molecule has 1 aliphatic heterocycles.